The van der Waals surface area contributed by atoms with E-state index in [0.717, 1.165) is 49.5 Å². The fourth-order valence-corrected chi connectivity index (χ4v) is 4.44. The van der Waals surface area contributed by atoms with Crippen LogP contribution in [0.1, 0.15) is 13.8 Å². The van der Waals surface area contributed by atoms with Gasteiger partial charge in [-0.15, -0.1) is 0 Å². The molecule has 1 fully saturated rings. The molecule has 5 rings (SSSR count). The highest BCUT2D eigenvalue weighted by atomic mass is 16.6. The number of nitrogens with zero attached hydrogens (tertiary/aromatic N) is 7. The van der Waals surface area contributed by atoms with Gasteiger partial charge in [-0.1, -0.05) is 30.3 Å². The van der Waals surface area contributed by atoms with Crippen molar-refractivity contribution in [3.05, 3.63) is 36.5 Å². The highest BCUT2D eigenvalue weighted by molar-refractivity contribution is 5.95. The average molecular weight is 477 g/mol. The first-order valence-electron chi connectivity index (χ1n) is 11.7. The molecule has 4 aromatic rings. The van der Waals surface area contributed by atoms with Gasteiger partial charge in [-0.25, -0.2) is 14.6 Å². The van der Waals surface area contributed by atoms with E-state index in [0.29, 0.717) is 35.9 Å². The van der Waals surface area contributed by atoms with Crippen LogP contribution in [0.15, 0.2) is 41.2 Å². The molecule has 35 heavy (non-hydrogen) atoms. The van der Waals surface area contributed by atoms with Crippen molar-refractivity contribution >= 4 is 22.8 Å². The van der Waals surface area contributed by atoms with Crippen molar-refractivity contribution in [2.24, 2.45) is 0 Å². The first-order valence-corrected chi connectivity index (χ1v) is 11.7. The highest BCUT2D eigenvalue weighted by Gasteiger charge is 2.24. The number of hydrogen-bond donors (Lipinski definition) is 1. The van der Waals surface area contributed by atoms with E-state index in [2.05, 4.69) is 15.2 Å². The lowest BCUT2D eigenvalue weighted by Gasteiger charge is -2.34. The summed E-state index contributed by atoms with van der Waals surface area (Å²) >= 11 is 0. The highest BCUT2D eigenvalue weighted by Crippen LogP contribution is 2.36. The summed E-state index contributed by atoms with van der Waals surface area (Å²) in [7, 11) is 0. The molecule has 1 aliphatic heterocycles. The zero-order valence-electron chi connectivity index (χ0n) is 19.8. The molecule has 11 heteroatoms. The van der Waals surface area contributed by atoms with Gasteiger partial charge in [0.2, 0.25) is 5.91 Å². The Hall–Kier alpha value is -3.99. The van der Waals surface area contributed by atoms with E-state index in [1.807, 2.05) is 46.7 Å². The Bertz CT molecular complexity index is 1330. The fourth-order valence-electron chi connectivity index (χ4n) is 4.44. The first kappa shape index (κ1) is 22.8. The molecule has 0 bridgehead atoms. The Morgan fingerprint density at radius 2 is 1.89 bits per heavy atom. The molecule has 1 aliphatic rings. The second kappa shape index (κ2) is 9.71. The van der Waals surface area contributed by atoms with Crippen molar-refractivity contribution in [2.75, 3.05) is 45.1 Å². The number of aromatic nitrogens is 5. The van der Waals surface area contributed by atoms with Gasteiger partial charge in [0.05, 0.1) is 11.9 Å². The lowest BCUT2D eigenvalue weighted by Crippen LogP contribution is -2.48. The number of nitrogens with two attached hydrogens (primary N) is 1. The van der Waals surface area contributed by atoms with Gasteiger partial charge in [0, 0.05) is 51.8 Å². The number of rotatable bonds is 7. The van der Waals surface area contributed by atoms with Crippen LogP contribution in [0.4, 0.5) is 5.82 Å². The molecule has 11 nitrogen and oxygen atoms in total. The van der Waals surface area contributed by atoms with Gasteiger partial charge in [-0.3, -0.25) is 9.69 Å². The second-order valence-electron chi connectivity index (χ2n) is 8.41. The van der Waals surface area contributed by atoms with Gasteiger partial charge in [-0.05, 0) is 17.2 Å². The molecule has 2 N–H and O–H groups in total. The normalized spacial score (nSPS) is 14.5. The van der Waals surface area contributed by atoms with Crippen molar-refractivity contribution in [2.45, 2.75) is 20.4 Å². The summed E-state index contributed by atoms with van der Waals surface area (Å²) < 4.78 is 13.1. The smallest absolute Gasteiger partial charge is 0.219 e. The zero-order valence-corrected chi connectivity index (χ0v) is 19.8. The molecule has 0 atom stereocenters. The number of anilines is 1. The molecule has 1 aromatic carbocycles. The summed E-state index contributed by atoms with van der Waals surface area (Å²) in [5.41, 5.74) is 9.60. The minimum absolute atomic E-state index is 0.124. The molecule has 3 aromatic heterocycles. The number of ether oxygens (including phenoxy) is 1. The summed E-state index contributed by atoms with van der Waals surface area (Å²) in [6.07, 6.45) is 1.75. The van der Waals surface area contributed by atoms with Crippen LogP contribution in [-0.4, -0.2) is 79.9 Å². The van der Waals surface area contributed by atoms with Crippen LogP contribution in [0, 0.1) is 0 Å². The van der Waals surface area contributed by atoms with Crippen LogP contribution in [0.25, 0.3) is 33.8 Å². The van der Waals surface area contributed by atoms with Gasteiger partial charge in [0.25, 0.3) is 0 Å². The lowest BCUT2D eigenvalue weighted by molar-refractivity contribution is -0.130. The molecular formula is C24H28N8O3. The lowest BCUT2D eigenvalue weighted by atomic mass is 10.1. The molecular weight excluding hydrogens is 448 g/mol. The Morgan fingerprint density at radius 3 is 2.54 bits per heavy atom. The molecule has 182 valence electrons. The van der Waals surface area contributed by atoms with Crippen LogP contribution >= 0.6 is 0 Å². The maximum absolute atomic E-state index is 11.6. The summed E-state index contributed by atoms with van der Waals surface area (Å²) in [4.78, 5) is 25.3. The Labute approximate surface area is 202 Å². The largest absolute Gasteiger partial charge is 0.488 e. The van der Waals surface area contributed by atoms with E-state index >= 15 is 0 Å². The van der Waals surface area contributed by atoms with Gasteiger partial charge in [0.15, 0.2) is 23.1 Å². The number of carbonyl (C=O) groups excluding carboxylic acids is 1. The van der Waals surface area contributed by atoms with Crippen molar-refractivity contribution in [3.8, 4) is 28.5 Å². The molecule has 0 spiro atoms. The van der Waals surface area contributed by atoms with E-state index < -0.39 is 0 Å². The number of carbonyl (C=O) groups is 1. The maximum atomic E-state index is 11.6. The molecule has 0 radical (unpaired) electrons. The van der Waals surface area contributed by atoms with Crippen molar-refractivity contribution in [3.63, 3.8) is 0 Å². The topological polar surface area (TPSA) is 128 Å². The predicted molar refractivity (Wildman–Crippen MR) is 131 cm³/mol. The number of piperazine rings is 1. The predicted octanol–water partition coefficient (Wildman–Crippen LogP) is 2.29. The number of benzene rings is 1. The van der Waals surface area contributed by atoms with Crippen LogP contribution in [0.2, 0.25) is 0 Å². The van der Waals surface area contributed by atoms with E-state index in [4.69, 9.17) is 25.1 Å². The van der Waals surface area contributed by atoms with E-state index in [1.54, 1.807) is 13.1 Å². The summed E-state index contributed by atoms with van der Waals surface area (Å²) in [5, 5.41) is 7.69. The zero-order chi connectivity index (χ0) is 24.4. The van der Waals surface area contributed by atoms with Gasteiger partial charge in [0.1, 0.15) is 17.6 Å². The van der Waals surface area contributed by atoms with Crippen LogP contribution in [0.5, 0.6) is 5.75 Å². The van der Waals surface area contributed by atoms with E-state index in [-0.39, 0.29) is 11.7 Å². The SMILES string of the molecule is CCn1c(-c2nonc2N)nc2c(-c3ccccc3)ncc(OCCN3CCN(C(C)=O)CC3)c21. The fraction of sp³-hybridized carbons (Fsp3) is 0.375. The number of imidazole rings is 1. The minimum atomic E-state index is 0.124. The molecule has 4 heterocycles. The quantitative estimate of drug-likeness (QED) is 0.427. The molecule has 1 saturated heterocycles. The van der Waals surface area contributed by atoms with Crippen LogP contribution in [0.3, 0.4) is 0 Å². The summed E-state index contributed by atoms with van der Waals surface area (Å²) in [6.45, 7) is 8.63. The van der Waals surface area contributed by atoms with Gasteiger partial charge >= 0.3 is 0 Å². The maximum Gasteiger partial charge on any atom is 0.219 e. The third kappa shape index (κ3) is 4.42. The number of aryl methyl sites for hydroxylation is 1. The summed E-state index contributed by atoms with van der Waals surface area (Å²) in [6, 6.07) is 9.90. The van der Waals surface area contributed by atoms with Crippen molar-refractivity contribution < 1.29 is 14.2 Å². The number of pyridine rings is 1. The molecule has 0 aliphatic carbocycles. The van der Waals surface area contributed by atoms with Gasteiger partial charge in [-0.2, -0.15) is 0 Å². The molecule has 1 amide bonds. The number of nitrogen functional groups attached to an aromatic ring is 1. The van der Waals surface area contributed by atoms with E-state index in [9.17, 15) is 4.79 Å². The molecule has 0 saturated carbocycles. The molecule has 0 unspecified atom stereocenters. The van der Waals surface area contributed by atoms with Crippen LogP contribution in [-0.2, 0) is 11.3 Å². The Morgan fingerprint density at radius 1 is 1.11 bits per heavy atom. The Balaban J connectivity index is 1.47. The average Bonchev–Trinajstić information content (AvgIpc) is 3.48. The monoisotopic (exact) mass is 476 g/mol. The third-order valence-electron chi connectivity index (χ3n) is 6.31. The van der Waals surface area contributed by atoms with Crippen LogP contribution < -0.4 is 10.5 Å². The number of amides is 1. The van der Waals surface area contributed by atoms with Crippen molar-refractivity contribution in [1.82, 2.24) is 34.6 Å². The summed E-state index contributed by atoms with van der Waals surface area (Å²) in [5.74, 6) is 1.49. The number of fused-ring (bicyclic) bond motifs is 1. The second-order valence-corrected chi connectivity index (χ2v) is 8.41. The van der Waals surface area contributed by atoms with Crippen molar-refractivity contribution in [1.29, 1.82) is 0 Å². The standard InChI is InChI=1S/C24H28N8O3/c1-3-32-22-18(34-14-13-30-9-11-31(12-10-30)16(2)33)15-26-19(17-7-5-4-6-8-17)20(22)27-24(32)21-23(25)29-35-28-21/h4-8,15H,3,9-14H2,1-2H3,(H2,25,29). The van der Waals surface area contributed by atoms with E-state index in [1.165, 1.54) is 0 Å². The minimum Gasteiger partial charge on any atom is -0.488 e. The Kier molecular flexibility index (Phi) is 6.32. The number of hydrogen-bond acceptors (Lipinski definition) is 9. The first-order chi connectivity index (χ1) is 17.1. The van der Waals surface area contributed by atoms with Gasteiger partial charge < -0.3 is 19.9 Å². The third-order valence-corrected chi connectivity index (χ3v) is 6.31.